The van der Waals surface area contributed by atoms with E-state index in [9.17, 15) is 9.59 Å². The summed E-state index contributed by atoms with van der Waals surface area (Å²) >= 11 is 0. The predicted molar refractivity (Wildman–Crippen MR) is 92.9 cm³/mol. The first-order valence-corrected chi connectivity index (χ1v) is 8.32. The first-order valence-electron chi connectivity index (χ1n) is 8.32. The summed E-state index contributed by atoms with van der Waals surface area (Å²) in [7, 11) is 0. The lowest BCUT2D eigenvalue weighted by atomic mass is 9.93. The predicted octanol–water partition coefficient (Wildman–Crippen LogP) is 4.00. The summed E-state index contributed by atoms with van der Waals surface area (Å²) in [4.78, 5) is 24.9. The van der Waals surface area contributed by atoms with Crippen molar-refractivity contribution in [3.05, 3.63) is 65.7 Å². The van der Waals surface area contributed by atoms with E-state index in [1.807, 2.05) is 30.3 Å². The molecule has 1 aliphatic rings. The fraction of sp³-hybridized carbons (Fsp3) is 0.300. The van der Waals surface area contributed by atoms with Crippen LogP contribution in [0.1, 0.15) is 41.6 Å². The van der Waals surface area contributed by atoms with Crippen LogP contribution in [0.15, 0.2) is 54.6 Å². The molecule has 0 radical (unpaired) electrons. The van der Waals surface area contributed by atoms with Crippen LogP contribution in [0.25, 0.3) is 0 Å². The maximum atomic E-state index is 12.9. The standard InChI is InChI=1S/C20H21NO3/c1-2-24-20(23)16-10-6-7-11-17(16)21-19(22)18(15-12-13-15)14-8-4-3-5-9-14/h3-11,15,18H,2,12-13H2,1H3,(H,21,22). The fourth-order valence-corrected chi connectivity index (χ4v) is 2.92. The van der Waals surface area contributed by atoms with E-state index in [0.29, 0.717) is 23.8 Å². The monoisotopic (exact) mass is 323 g/mol. The first kappa shape index (κ1) is 16.2. The van der Waals surface area contributed by atoms with E-state index in [2.05, 4.69) is 5.32 Å². The zero-order valence-corrected chi connectivity index (χ0v) is 13.7. The van der Waals surface area contributed by atoms with Gasteiger partial charge in [0, 0.05) is 0 Å². The van der Waals surface area contributed by atoms with Crippen LogP contribution in [0.3, 0.4) is 0 Å². The molecule has 1 aliphatic carbocycles. The van der Waals surface area contributed by atoms with Gasteiger partial charge >= 0.3 is 5.97 Å². The summed E-state index contributed by atoms with van der Waals surface area (Å²) in [5.41, 5.74) is 1.91. The van der Waals surface area contributed by atoms with E-state index >= 15 is 0 Å². The van der Waals surface area contributed by atoms with Gasteiger partial charge in [-0.3, -0.25) is 4.79 Å². The maximum Gasteiger partial charge on any atom is 0.340 e. The highest BCUT2D eigenvalue weighted by Crippen LogP contribution is 2.43. The quantitative estimate of drug-likeness (QED) is 0.818. The highest BCUT2D eigenvalue weighted by atomic mass is 16.5. The Morgan fingerprint density at radius 2 is 1.75 bits per heavy atom. The molecule has 2 aromatic rings. The number of nitrogens with one attached hydrogen (secondary N) is 1. The Hall–Kier alpha value is -2.62. The van der Waals surface area contributed by atoms with E-state index in [1.165, 1.54) is 0 Å². The number of esters is 1. The van der Waals surface area contributed by atoms with Gasteiger partial charge in [-0.2, -0.15) is 0 Å². The van der Waals surface area contributed by atoms with Crippen molar-refractivity contribution in [2.24, 2.45) is 5.92 Å². The maximum absolute atomic E-state index is 12.9. The van der Waals surface area contributed by atoms with E-state index in [0.717, 1.165) is 18.4 Å². The number of ether oxygens (including phenoxy) is 1. The minimum absolute atomic E-state index is 0.0690. The molecule has 1 fully saturated rings. The minimum Gasteiger partial charge on any atom is -0.462 e. The SMILES string of the molecule is CCOC(=O)c1ccccc1NC(=O)C(c1ccccc1)C1CC1. The molecule has 0 bridgehead atoms. The molecule has 124 valence electrons. The molecule has 1 unspecified atom stereocenters. The molecule has 0 saturated heterocycles. The Morgan fingerprint density at radius 1 is 1.08 bits per heavy atom. The number of hydrogen-bond donors (Lipinski definition) is 1. The van der Waals surface area contributed by atoms with Gasteiger partial charge in [0.15, 0.2) is 0 Å². The van der Waals surface area contributed by atoms with E-state index in [4.69, 9.17) is 4.74 Å². The van der Waals surface area contributed by atoms with Gasteiger partial charge in [-0.1, -0.05) is 42.5 Å². The lowest BCUT2D eigenvalue weighted by Gasteiger charge is -2.18. The molecule has 4 nitrogen and oxygen atoms in total. The summed E-state index contributed by atoms with van der Waals surface area (Å²) in [6, 6.07) is 16.8. The number of carbonyl (C=O) groups excluding carboxylic acids is 2. The average molecular weight is 323 g/mol. The lowest BCUT2D eigenvalue weighted by molar-refractivity contribution is -0.118. The molecule has 0 aliphatic heterocycles. The second-order valence-electron chi connectivity index (χ2n) is 5.98. The lowest BCUT2D eigenvalue weighted by Crippen LogP contribution is -2.24. The fourth-order valence-electron chi connectivity index (χ4n) is 2.92. The Morgan fingerprint density at radius 3 is 2.42 bits per heavy atom. The van der Waals surface area contributed by atoms with Crippen molar-refractivity contribution in [1.82, 2.24) is 0 Å². The van der Waals surface area contributed by atoms with Gasteiger partial charge in [0.2, 0.25) is 5.91 Å². The molecule has 24 heavy (non-hydrogen) atoms. The minimum atomic E-state index is -0.420. The number of anilines is 1. The third-order valence-corrected chi connectivity index (χ3v) is 4.21. The molecular weight excluding hydrogens is 302 g/mol. The van der Waals surface area contributed by atoms with Gasteiger partial charge in [0.1, 0.15) is 0 Å². The van der Waals surface area contributed by atoms with Crippen molar-refractivity contribution in [2.45, 2.75) is 25.7 Å². The number of hydrogen-bond acceptors (Lipinski definition) is 3. The van der Waals surface area contributed by atoms with Crippen LogP contribution in [0.4, 0.5) is 5.69 Å². The highest BCUT2D eigenvalue weighted by molar-refractivity contribution is 6.03. The Labute approximate surface area is 141 Å². The Kier molecular flexibility index (Phi) is 4.94. The average Bonchev–Trinajstić information content (AvgIpc) is 3.41. The number of benzene rings is 2. The van der Waals surface area contributed by atoms with Crippen molar-refractivity contribution in [2.75, 3.05) is 11.9 Å². The third-order valence-electron chi connectivity index (χ3n) is 4.21. The Balaban J connectivity index is 1.82. The largest absolute Gasteiger partial charge is 0.462 e. The van der Waals surface area contributed by atoms with Crippen molar-refractivity contribution < 1.29 is 14.3 Å². The Bertz CT molecular complexity index is 723. The molecule has 3 rings (SSSR count). The first-order chi connectivity index (χ1) is 11.7. The third kappa shape index (κ3) is 3.65. The molecule has 0 heterocycles. The summed E-state index contributed by atoms with van der Waals surface area (Å²) in [5.74, 6) is -0.292. The number of rotatable bonds is 6. The summed E-state index contributed by atoms with van der Waals surface area (Å²) in [5, 5.41) is 2.93. The van der Waals surface area contributed by atoms with Crippen LogP contribution < -0.4 is 5.32 Å². The number of amides is 1. The van der Waals surface area contributed by atoms with E-state index in [1.54, 1.807) is 31.2 Å². The number of para-hydroxylation sites is 1. The van der Waals surface area contributed by atoms with Crippen molar-refractivity contribution in [1.29, 1.82) is 0 Å². The summed E-state index contributed by atoms with van der Waals surface area (Å²) in [6.45, 7) is 2.06. The van der Waals surface area contributed by atoms with Gasteiger partial charge in [-0.15, -0.1) is 0 Å². The van der Waals surface area contributed by atoms with Crippen LogP contribution in [-0.2, 0) is 9.53 Å². The second kappa shape index (κ2) is 7.30. The molecule has 1 amide bonds. The van der Waals surface area contributed by atoms with Crippen molar-refractivity contribution in [3.63, 3.8) is 0 Å². The molecule has 1 saturated carbocycles. The normalized spacial score (nSPS) is 14.7. The molecule has 1 atom stereocenters. The van der Waals surface area contributed by atoms with Crippen molar-refractivity contribution in [3.8, 4) is 0 Å². The van der Waals surface area contributed by atoms with Gasteiger partial charge in [-0.05, 0) is 43.4 Å². The molecule has 4 heteroatoms. The second-order valence-corrected chi connectivity index (χ2v) is 5.98. The van der Waals surface area contributed by atoms with E-state index in [-0.39, 0.29) is 11.8 Å². The smallest absolute Gasteiger partial charge is 0.340 e. The van der Waals surface area contributed by atoms with Crippen LogP contribution in [0, 0.1) is 5.92 Å². The van der Waals surface area contributed by atoms with Gasteiger partial charge in [0.05, 0.1) is 23.8 Å². The van der Waals surface area contributed by atoms with Crippen molar-refractivity contribution >= 4 is 17.6 Å². The molecule has 2 aromatic carbocycles. The number of carbonyl (C=O) groups is 2. The van der Waals surface area contributed by atoms with E-state index < -0.39 is 5.97 Å². The highest BCUT2D eigenvalue weighted by Gasteiger charge is 2.37. The zero-order valence-electron chi connectivity index (χ0n) is 13.7. The molecular formula is C20H21NO3. The molecule has 1 N–H and O–H groups in total. The van der Waals surface area contributed by atoms with Gasteiger partial charge < -0.3 is 10.1 Å². The topological polar surface area (TPSA) is 55.4 Å². The summed E-state index contributed by atoms with van der Waals surface area (Å²) < 4.78 is 5.06. The van der Waals surface area contributed by atoms with Gasteiger partial charge in [-0.25, -0.2) is 4.79 Å². The van der Waals surface area contributed by atoms with Crippen LogP contribution in [0.2, 0.25) is 0 Å². The van der Waals surface area contributed by atoms with Crippen LogP contribution in [0.5, 0.6) is 0 Å². The molecule has 0 spiro atoms. The van der Waals surface area contributed by atoms with Gasteiger partial charge in [0.25, 0.3) is 0 Å². The van der Waals surface area contributed by atoms with Crippen LogP contribution >= 0.6 is 0 Å². The molecule has 0 aromatic heterocycles. The van der Waals surface area contributed by atoms with Crippen LogP contribution in [-0.4, -0.2) is 18.5 Å². The summed E-state index contributed by atoms with van der Waals surface area (Å²) in [6.07, 6.45) is 2.12. The zero-order chi connectivity index (χ0) is 16.9.